The third-order valence-electron chi connectivity index (χ3n) is 8.28. The number of likely N-dealkylation sites (N-methyl/N-ethyl adjacent to an activating group) is 1. The molecule has 4 heterocycles. The zero-order valence-corrected chi connectivity index (χ0v) is 26.4. The second-order valence-corrected chi connectivity index (χ2v) is 13.1. The molecule has 43 heavy (non-hydrogen) atoms. The highest BCUT2D eigenvalue weighted by molar-refractivity contribution is 6.32. The fraction of sp³-hybridized carbons (Fsp3) is 0.600. The van der Waals surface area contributed by atoms with Crippen LogP contribution < -0.4 is 21.3 Å². The van der Waals surface area contributed by atoms with Gasteiger partial charge in [0.1, 0.15) is 5.60 Å². The summed E-state index contributed by atoms with van der Waals surface area (Å²) in [6.45, 7) is 13.2. The minimum Gasteiger partial charge on any atom is -0.444 e. The van der Waals surface area contributed by atoms with Gasteiger partial charge in [0.2, 0.25) is 0 Å². The molecule has 12 nitrogen and oxygen atoms in total. The van der Waals surface area contributed by atoms with Gasteiger partial charge in [-0.25, -0.2) is 14.8 Å². The number of nitrogens with two attached hydrogens (primary N) is 1. The van der Waals surface area contributed by atoms with Crippen LogP contribution in [0.3, 0.4) is 0 Å². The van der Waals surface area contributed by atoms with Crippen molar-refractivity contribution < 1.29 is 14.3 Å². The van der Waals surface area contributed by atoms with E-state index in [1.54, 1.807) is 4.90 Å². The van der Waals surface area contributed by atoms with E-state index in [0.29, 0.717) is 31.4 Å². The van der Waals surface area contributed by atoms with E-state index in [2.05, 4.69) is 54.5 Å². The van der Waals surface area contributed by atoms with Crippen molar-refractivity contribution in [2.45, 2.75) is 57.7 Å². The van der Waals surface area contributed by atoms with Crippen molar-refractivity contribution >= 4 is 46.6 Å². The number of anilines is 4. The number of hydrogen-bond acceptors (Lipinski definition) is 10. The van der Waals surface area contributed by atoms with Gasteiger partial charge in [0, 0.05) is 75.8 Å². The van der Waals surface area contributed by atoms with Crippen molar-refractivity contribution in [2.75, 3.05) is 74.9 Å². The Morgan fingerprint density at radius 1 is 0.953 bits per heavy atom. The first-order valence-corrected chi connectivity index (χ1v) is 15.5. The van der Waals surface area contributed by atoms with Crippen LogP contribution in [-0.2, 0) is 4.74 Å². The molecule has 2 amide bonds. The largest absolute Gasteiger partial charge is 0.444 e. The SMILES string of the molecule is CN1CCN(C2CCN(c3ccc(Nc4nc(N[C@@H]5CCN(C(=O)OC(C)(C)C)C5)c(Cl)nc4C(N)=O)cc3)CC2)CC1. The van der Waals surface area contributed by atoms with Crippen LogP contribution in [0.2, 0.25) is 5.15 Å². The molecule has 0 aliphatic carbocycles. The number of carbonyl (C=O) groups excluding carboxylic acids is 2. The van der Waals surface area contributed by atoms with Crippen molar-refractivity contribution in [1.29, 1.82) is 0 Å². The Kier molecular flexibility index (Phi) is 9.48. The lowest BCUT2D eigenvalue weighted by molar-refractivity contribution is 0.0293. The second-order valence-electron chi connectivity index (χ2n) is 12.7. The number of carbonyl (C=O) groups is 2. The van der Waals surface area contributed by atoms with Crippen molar-refractivity contribution in [1.82, 2.24) is 24.7 Å². The Balaban J connectivity index is 1.21. The van der Waals surface area contributed by atoms with Gasteiger partial charge < -0.3 is 35.8 Å². The molecule has 1 aromatic heterocycles. The predicted molar refractivity (Wildman–Crippen MR) is 169 cm³/mol. The summed E-state index contributed by atoms with van der Waals surface area (Å²) in [5.74, 6) is -0.215. The minimum atomic E-state index is -0.736. The smallest absolute Gasteiger partial charge is 0.410 e. The van der Waals surface area contributed by atoms with Gasteiger partial charge in [-0.1, -0.05) is 11.6 Å². The van der Waals surface area contributed by atoms with Gasteiger partial charge in [0.15, 0.2) is 22.5 Å². The maximum Gasteiger partial charge on any atom is 0.410 e. The monoisotopic (exact) mass is 613 g/mol. The van der Waals surface area contributed by atoms with E-state index in [-0.39, 0.29) is 28.8 Å². The molecular weight excluding hydrogens is 570 g/mol. The molecule has 234 valence electrons. The van der Waals surface area contributed by atoms with E-state index >= 15 is 0 Å². The summed E-state index contributed by atoms with van der Waals surface area (Å²) in [7, 11) is 2.20. The van der Waals surface area contributed by atoms with E-state index in [0.717, 1.165) is 50.6 Å². The summed E-state index contributed by atoms with van der Waals surface area (Å²) in [4.78, 5) is 42.6. The molecule has 3 fully saturated rings. The van der Waals surface area contributed by atoms with Crippen LogP contribution in [0.25, 0.3) is 0 Å². The molecule has 3 saturated heterocycles. The van der Waals surface area contributed by atoms with Crippen molar-refractivity contribution in [3.8, 4) is 0 Å². The fourth-order valence-electron chi connectivity index (χ4n) is 5.90. The molecule has 4 N–H and O–H groups in total. The lowest BCUT2D eigenvalue weighted by Gasteiger charge is -2.42. The predicted octanol–water partition coefficient (Wildman–Crippen LogP) is 3.61. The number of benzene rings is 1. The number of ether oxygens (including phenoxy) is 1. The van der Waals surface area contributed by atoms with Crippen LogP contribution in [0.5, 0.6) is 0 Å². The Morgan fingerprint density at radius 2 is 1.63 bits per heavy atom. The number of hydrogen-bond donors (Lipinski definition) is 3. The third-order valence-corrected chi connectivity index (χ3v) is 8.54. The second kappa shape index (κ2) is 13.1. The topological polar surface area (TPSA) is 132 Å². The number of aromatic nitrogens is 2. The standard InChI is InChI=1S/C30H44ClN9O3/c1-30(2,3)43-29(42)40-12-9-21(19-40)34-28-25(31)35-24(26(32)41)27(36-28)33-20-5-7-22(8-6-20)38-13-10-23(11-14-38)39-17-15-37(4)16-18-39/h5-8,21,23H,9-19H2,1-4H3,(H2,32,41)(H2,33,34,36)/t21-/m1/s1. The van der Waals surface area contributed by atoms with Gasteiger partial charge >= 0.3 is 6.09 Å². The van der Waals surface area contributed by atoms with Gasteiger partial charge in [-0.05, 0) is 71.3 Å². The van der Waals surface area contributed by atoms with Crippen LogP contribution in [0.15, 0.2) is 24.3 Å². The van der Waals surface area contributed by atoms with Crippen molar-refractivity contribution in [3.05, 3.63) is 35.1 Å². The summed E-state index contributed by atoms with van der Waals surface area (Å²) in [5, 5.41) is 6.50. The highest BCUT2D eigenvalue weighted by atomic mass is 35.5. The maximum atomic E-state index is 12.5. The Labute approximate surface area is 258 Å². The van der Waals surface area contributed by atoms with Crippen molar-refractivity contribution in [3.63, 3.8) is 0 Å². The lowest BCUT2D eigenvalue weighted by Crippen LogP contribution is -2.52. The highest BCUT2D eigenvalue weighted by Crippen LogP contribution is 2.29. The van der Waals surface area contributed by atoms with E-state index < -0.39 is 11.5 Å². The lowest BCUT2D eigenvalue weighted by atomic mass is 10.0. The maximum absolute atomic E-state index is 12.5. The molecule has 1 atom stereocenters. The first-order valence-electron chi connectivity index (χ1n) is 15.1. The molecule has 2 aromatic rings. The Bertz CT molecular complexity index is 1290. The van der Waals surface area contributed by atoms with Crippen LogP contribution in [0, 0.1) is 0 Å². The molecule has 1 aromatic carbocycles. The molecule has 5 rings (SSSR count). The number of likely N-dealkylation sites (tertiary alicyclic amines) is 1. The number of nitrogens with zero attached hydrogens (tertiary/aromatic N) is 6. The number of rotatable bonds is 7. The summed E-state index contributed by atoms with van der Waals surface area (Å²) < 4.78 is 5.49. The van der Waals surface area contributed by atoms with Gasteiger partial charge in [0.05, 0.1) is 0 Å². The molecule has 0 saturated carbocycles. The number of primary amides is 1. The molecule has 13 heteroatoms. The number of piperazine rings is 1. The van der Waals surface area contributed by atoms with Gasteiger partial charge in [0.25, 0.3) is 5.91 Å². The molecule has 0 radical (unpaired) electrons. The fourth-order valence-corrected chi connectivity index (χ4v) is 6.08. The summed E-state index contributed by atoms with van der Waals surface area (Å²) in [5.41, 5.74) is 6.91. The average Bonchev–Trinajstić information content (AvgIpc) is 3.43. The zero-order valence-electron chi connectivity index (χ0n) is 25.6. The molecule has 0 unspecified atom stereocenters. The van der Waals surface area contributed by atoms with E-state index in [1.807, 2.05) is 32.9 Å². The molecule has 0 spiro atoms. The van der Waals surface area contributed by atoms with Crippen LogP contribution in [-0.4, -0.2) is 114 Å². The Morgan fingerprint density at radius 3 is 2.26 bits per heavy atom. The number of amides is 2. The molecule has 0 bridgehead atoms. The first-order chi connectivity index (χ1) is 20.4. The molecule has 3 aliphatic heterocycles. The summed E-state index contributed by atoms with van der Waals surface area (Å²) in [6, 6.07) is 8.64. The minimum absolute atomic E-state index is 0.0328. The highest BCUT2D eigenvalue weighted by Gasteiger charge is 2.31. The number of nitrogens with one attached hydrogen (secondary N) is 2. The van der Waals surface area contributed by atoms with Gasteiger partial charge in [-0.3, -0.25) is 9.69 Å². The Hall–Kier alpha value is -3.35. The van der Waals surface area contributed by atoms with Crippen LogP contribution in [0.4, 0.5) is 27.8 Å². The van der Waals surface area contributed by atoms with Crippen molar-refractivity contribution in [2.24, 2.45) is 5.73 Å². The van der Waals surface area contributed by atoms with E-state index in [4.69, 9.17) is 22.1 Å². The summed E-state index contributed by atoms with van der Waals surface area (Å²) >= 11 is 6.40. The van der Waals surface area contributed by atoms with E-state index in [1.165, 1.54) is 12.8 Å². The average molecular weight is 614 g/mol. The van der Waals surface area contributed by atoms with E-state index in [9.17, 15) is 9.59 Å². The van der Waals surface area contributed by atoms with Crippen LogP contribution in [0.1, 0.15) is 50.5 Å². The zero-order chi connectivity index (χ0) is 30.7. The van der Waals surface area contributed by atoms with Gasteiger partial charge in [-0.15, -0.1) is 0 Å². The summed E-state index contributed by atoms with van der Waals surface area (Å²) in [6.07, 6.45) is 2.66. The third kappa shape index (κ3) is 7.98. The molecular formula is C30H44ClN9O3. The molecule has 3 aliphatic rings. The van der Waals surface area contributed by atoms with Crippen LogP contribution >= 0.6 is 11.6 Å². The normalized spacial score (nSPS) is 20.7. The van der Waals surface area contributed by atoms with Gasteiger partial charge in [-0.2, -0.15) is 0 Å². The first kappa shape index (κ1) is 31.1. The quantitative estimate of drug-likeness (QED) is 0.425. The number of halogens is 1. The number of piperidine rings is 1.